The van der Waals surface area contributed by atoms with Crippen LogP contribution in [0, 0.1) is 5.92 Å². The van der Waals surface area contributed by atoms with Gasteiger partial charge < -0.3 is 10.3 Å². The minimum atomic E-state index is 0.783. The number of rotatable bonds is 4. The molecule has 0 bridgehead atoms. The fourth-order valence-electron chi connectivity index (χ4n) is 2.35. The van der Waals surface area contributed by atoms with Crippen LogP contribution >= 0.6 is 0 Å². The van der Waals surface area contributed by atoms with E-state index in [1.54, 1.807) is 0 Å². The molecule has 2 heterocycles. The second-order valence-electron chi connectivity index (χ2n) is 4.38. The number of imidazole rings is 1. The SMILES string of the molecule is CCc1nc(CC2CCNC2)[nH]c1CC. The van der Waals surface area contributed by atoms with Gasteiger partial charge in [0.15, 0.2) is 0 Å². The summed E-state index contributed by atoms with van der Waals surface area (Å²) >= 11 is 0. The average molecular weight is 207 g/mol. The molecule has 3 nitrogen and oxygen atoms in total. The second-order valence-corrected chi connectivity index (χ2v) is 4.38. The van der Waals surface area contributed by atoms with Crippen LogP contribution in [0.15, 0.2) is 0 Å². The summed E-state index contributed by atoms with van der Waals surface area (Å²) in [5.41, 5.74) is 2.59. The van der Waals surface area contributed by atoms with Crippen LogP contribution < -0.4 is 5.32 Å². The van der Waals surface area contributed by atoms with Crippen LogP contribution in [0.25, 0.3) is 0 Å². The first-order valence-electron chi connectivity index (χ1n) is 6.10. The molecule has 1 fully saturated rings. The topological polar surface area (TPSA) is 40.7 Å². The Morgan fingerprint density at radius 2 is 2.20 bits per heavy atom. The smallest absolute Gasteiger partial charge is 0.106 e. The van der Waals surface area contributed by atoms with Crippen molar-refractivity contribution in [3.8, 4) is 0 Å². The molecule has 1 atom stereocenters. The van der Waals surface area contributed by atoms with Crippen molar-refractivity contribution in [2.45, 2.75) is 39.5 Å². The highest BCUT2D eigenvalue weighted by Gasteiger charge is 2.17. The molecule has 0 spiro atoms. The zero-order chi connectivity index (χ0) is 10.7. The van der Waals surface area contributed by atoms with Gasteiger partial charge in [0.1, 0.15) is 5.82 Å². The van der Waals surface area contributed by atoms with Crippen molar-refractivity contribution in [2.75, 3.05) is 13.1 Å². The molecule has 0 aliphatic carbocycles. The summed E-state index contributed by atoms with van der Waals surface area (Å²) < 4.78 is 0. The van der Waals surface area contributed by atoms with Crippen molar-refractivity contribution in [3.05, 3.63) is 17.2 Å². The minimum Gasteiger partial charge on any atom is -0.346 e. The van der Waals surface area contributed by atoms with E-state index in [1.165, 1.54) is 30.2 Å². The first-order valence-corrected chi connectivity index (χ1v) is 6.10. The van der Waals surface area contributed by atoms with Gasteiger partial charge in [-0.25, -0.2) is 4.98 Å². The van der Waals surface area contributed by atoms with E-state index in [1.807, 2.05) is 0 Å². The zero-order valence-electron chi connectivity index (χ0n) is 9.77. The van der Waals surface area contributed by atoms with Gasteiger partial charge in [-0.05, 0) is 38.3 Å². The summed E-state index contributed by atoms with van der Waals surface area (Å²) in [6.07, 6.45) is 4.52. The first-order chi connectivity index (χ1) is 7.33. The van der Waals surface area contributed by atoms with Crippen LogP contribution in [-0.2, 0) is 19.3 Å². The van der Waals surface area contributed by atoms with E-state index in [0.29, 0.717) is 0 Å². The van der Waals surface area contributed by atoms with Gasteiger partial charge >= 0.3 is 0 Å². The third-order valence-corrected chi connectivity index (χ3v) is 3.25. The number of aryl methyl sites for hydroxylation is 2. The molecule has 1 aliphatic rings. The number of nitrogens with zero attached hydrogens (tertiary/aromatic N) is 1. The summed E-state index contributed by atoms with van der Waals surface area (Å²) in [5, 5.41) is 3.40. The predicted molar refractivity (Wildman–Crippen MR) is 62.0 cm³/mol. The van der Waals surface area contributed by atoms with E-state index < -0.39 is 0 Å². The highest BCUT2D eigenvalue weighted by atomic mass is 14.9. The van der Waals surface area contributed by atoms with Gasteiger partial charge in [-0.1, -0.05) is 13.8 Å². The number of aromatic nitrogens is 2. The third kappa shape index (κ3) is 2.40. The number of H-pyrrole nitrogens is 1. The molecule has 1 unspecified atom stereocenters. The van der Waals surface area contributed by atoms with Crippen LogP contribution in [0.1, 0.15) is 37.5 Å². The Kier molecular flexibility index (Phi) is 3.41. The molecule has 1 aromatic heterocycles. The summed E-state index contributed by atoms with van der Waals surface area (Å²) in [6, 6.07) is 0. The van der Waals surface area contributed by atoms with Crippen LogP contribution in [0.3, 0.4) is 0 Å². The fourth-order valence-corrected chi connectivity index (χ4v) is 2.35. The Morgan fingerprint density at radius 3 is 2.73 bits per heavy atom. The van der Waals surface area contributed by atoms with Crippen LogP contribution in [0.5, 0.6) is 0 Å². The molecule has 1 aromatic rings. The van der Waals surface area contributed by atoms with Crippen molar-refractivity contribution in [1.29, 1.82) is 0 Å². The minimum absolute atomic E-state index is 0.783. The van der Waals surface area contributed by atoms with Crippen molar-refractivity contribution in [3.63, 3.8) is 0 Å². The monoisotopic (exact) mass is 207 g/mol. The molecule has 0 aromatic carbocycles. The fraction of sp³-hybridized carbons (Fsp3) is 0.750. The number of aromatic amines is 1. The van der Waals surface area contributed by atoms with Gasteiger partial charge in [-0.15, -0.1) is 0 Å². The average Bonchev–Trinajstić information content (AvgIpc) is 2.87. The maximum atomic E-state index is 4.68. The molecule has 0 amide bonds. The highest BCUT2D eigenvalue weighted by molar-refractivity contribution is 5.15. The molecule has 0 saturated carbocycles. The molecule has 15 heavy (non-hydrogen) atoms. The van der Waals surface area contributed by atoms with E-state index in [2.05, 4.69) is 29.1 Å². The van der Waals surface area contributed by atoms with Gasteiger partial charge in [-0.3, -0.25) is 0 Å². The molecule has 2 rings (SSSR count). The van der Waals surface area contributed by atoms with E-state index in [0.717, 1.165) is 31.7 Å². The summed E-state index contributed by atoms with van der Waals surface area (Å²) in [7, 11) is 0. The summed E-state index contributed by atoms with van der Waals surface area (Å²) in [5.74, 6) is 1.97. The molecule has 2 N–H and O–H groups in total. The molecule has 3 heteroatoms. The number of hydrogen-bond donors (Lipinski definition) is 2. The highest BCUT2D eigenvalue weighted by Crippen LogP contribution is 2.15. The Balaban J connectivity index is 2.04. The lowest BCUT2D eigenvalue weighted by Crippen LogP contribution is -2.11. The molecule has 0 radical (unpaired) electrons. The van der Waals surface area contributed by atoms with Crippen LogP contribution in [0.4, 0.5) is 0 Å². The zero-order valence-corrected chi connectivity index (χ0v) is 9.77. The quantitative estimate of drug-likeness (QED) is 0.788. The Morgan fingerprint density at radius 1 is 1.33 bits per heavy atom. The van der Waals surface area contributed by atoms with E-state index in [-0.39, 0.29) is 0 Å². The molecular weight excluding hydrogens is 186 g/mol. The van der Waals surface area contributed by atoms with Gasteiger partial charge in [-0.2, -0.15) is 0 Å². The van der Waals surface area contributed by atoms with E-state index in [4.69, 9.17) is 0 Å². The van der Waals surface area contributed by atoms with Crippen molar-refractivity contribution < 1.29 is 0 Å². The van der Waals surface area contributed by atoms with Crippen LogP contribution in [-0.4, -0.2) is 23.1 Å². The normalized spacial score (nSPS) is 21.1. The second kappa shape index (κ2) is 4.79. The first kappa shape index (κ1) is 10.7. The Bertz CT molecular complexity index is 289. The van der Waals surface area contributed by atoms with E-state index >= 15 is 0 Å². The third-order valence-electron chi connectivity index (χ3n) is 3.25. The lowest BCUT2D eigenvalue weighted by molar-refractivity contribution is 0.564. The maximum absolute atomic E-state index is 4.68. The van der Waals surface area contributed by atoms with Crippen molar-refractivity contribution in [1.82, 2.24) is 15.3 Å². The lowest BCUT2D eigenvalue weighted by Gasteiger charge is -2.04. The summed E-state index contributed by atoms with van der Waals surface area (Å²) in [6.45, 7) is 6.69. The molecular formula is C12H21N3. The number of nitrogens with one attached hydrogen (secondary N) is 2. The Labute approximate surface area is 91.7 Å². The van der Waals surface area contributed by atoms with Gasteiger partial charge in [0, 0.05) is 12.1 Å². The van der Waals surface area contributed by atoms with Crippen molar-refractivity contribution in [2.24, 2.45) is 5.92 Å². The predicted octanol–water partition coefficient (Wildman–Crippen LogP) is 1.69. The van der Waals surface area contributed by atoms with Gasteiger partial charge in [0.2, 0.25) is 0 Å². The maximum Gasteiger partial charge on any atom is 0.106 e. The van der Waals surface area contributed by atoms with Gasteiger partial charge in [0.25, 0.3) is 0 Å². The molecule has 1 aliphatic heterocycles. The van der Waals surface area contributed by atoms with Crippen molar-refractivity contribution >= 4 is 0 Å². The van der Waals surface area contributed by atoms with Gasteiger partial charge in [0.05, 0.1) is 5.69 Å². The standard InChI is InChI=1S/C12H21N3/c1-3-10-11(4-2)15-12(14-10)7-9-5-6-13-8-9/h9,13H,3-8H2,1-2H3,(H,14,15). The number of hydrogen-bond acceptors (Lipinski definition) is 2. The molecule has 84 valence electrons. The largest absolute Gasteiger partial charge is 0.346 e. The summed E-state index contributed by atoms with van der Waals surface area (Å²) in [4.78, 5) is 8.15. The van der Waals surface area contributed by atoms with E-state index in [9.17, 15) is 0 Å². The Hall–Kier alpha value is -0.830. The molecule has 1 saturated heterocycles. The van der Waals surface area contributed by atoms with Crippen LogP contribution in [0.2, 0.25) is 0 Å². The lowest BCUT2D eigenvalue weighted by atomic mass is 10.1.